The molecule has 104 valence electrons. The van der Waals surface area contributed by atoms with Crippen molar-refractivity contribution in [2.75, 3.05) is 19.8 Å². The van der Waals surface area contributed by atoms with Crippen molar-refractivity contribution in [3.63, 3.8) is 0 Å². The van der Waals surface area contributed by atoms with E-state index < -0.39 is 10.8 Å². The van der Waals surface area contributed by atoms with Crippen LogP contribution in [-0.2, 0) is 0 Å². The Kier molecular flexibility index (Phi) is 5.74. The van der Waals surface area contributed by atoms with Crippen LogP contribution in [0.15, 0.2) is 18.2 Å². The average molecular weight is 268 g/mol. The minimum atomic E-state index is -0.588. The van der Waals surface area contributed by atoms with Crippen molar-refractivity contribution >= 4 is 11.6 Å². The summed E-state index contributed by atoms with van der Waals surface area (Å²) in [4.78, 5) is 22.2. The molecule has 0 radical (unpaired) electrons. The molecule has 1 amide bonds. The number of rotatable bonds is 7. The number of aliphatic hydroxyl groups is 1. The number of ether oxygens (including phenoxy) is 1. The topological polar surface area (TPSA) is 102 Å². The van der Waals surface area contributed by atoms with Crippen LogP contribution >= 0.6 is 0 Å². The number of nitrogens with zero attached hydrogens (tertiary/aromatic N) is 1. The third-order valence-corrected chi connectivity index (χ3v) is 2.34. The standard InChI is InChI=1S/C12H16N2O5/c1-2-19-11-9(12(16)13-7-4-8-15)5-3-6-10(11)14(17)18/h3,5-6,15H,2,4,7-8H2,1H3,(H,13,16). The molecule has 0 aliphatic rings. The SMILES string of the molecule is CCOc1c(C(=O)NCCCO)cccc1[N+](=O)[O-]. The van der Waals surface area contributed by atoms with Gasteiger partial charge in [0, 0.05) is 19.2 Å². The first-order valence-corrected chi connectivity index (χ1v) is 5.91. The van der Waals surface area contributed by atoms with Gasteiger partial charge in [0.2, 0.25) is 5.75 Å². The molecule has 1 rings (SSSR count). The fraction of sp³-hybridized carbons (Fsp3) is 0.417. The lowest BCUT2D eigenvalue weighted by molar-refractivity contribution is -0.385. The Labute approximate surface area is 110 Å². The highest BCUT2D eigenvalue weighted by Gasteiger charge is 2.22. The van der Waals surface area contributed by atoms with Crippen LogP contribution in [0.25, 0.3) is 0 Å². The molecule has 0 aliphatic carbocycles. The zero-order valence-electron chi connectivity index (χ0n) is 10.6. The smallest absolute Gasteiger partial charge is 0.311 e. The van der Waals surface area contributed by atoms with Crippen LogP contribution in [0.2, 0.25) is 0 Å². The van der Waals surface area contributed by atoms with Gasteiger partial charge in [-0.25, -0.2) is 0 Å². The van der Waals surface area contributed by atoms with Crippen LogP contribution in [0.1, 0.15) is 23.7 Å². The van der Waals surface area contributed by atoms with Crippen molar-refractivity contribution in [3.05, 3.63) is 33.9 Å². The second-order valence-electron chi connectivity index (χ2n) is 3.68. The Morgan fingerprint density at radius 3 is 2.84 bits per heavy atom. The van der Waals surface area contributed by atoms with Crippen LogP contribution in [0, 0.1) is 10.1 Å². The number of nitro groups is 1. The Balaban J connectivity index is 3.01. The van der Waals surface area contributed by atoms with Crippen molar-refractivity contribution in [3.8, 4) is 5.75 Å². The van der Waals surface area contributed by atoms with Gasteiger partial charge in [0.1, 0.15) is 0 Å². The second-order valence-corrected chi connectivity index (χ2v) is 3.68. The van der Waals surface area contributed by atoms with E-state index in [1.54, 1.807) is 6.92 Å². The Morgan fingerprint density at radius 1 is 1.53 bits per heavy atom. The first kappa shape index (κ1) is 14.9. The van der Waals surface area contributed by atoms with E-state index in [1.165, 1.54) is 18.2 Å². The van der Waals surface area contributed by atoms with Gasteiger partial charge in [-0.1, -0.05) is 6.07 Å². The van der Waals surface area contributed by atoms with Gasteiger partial charge < -0.3 is 15.2 Å². The predicted molar refractivity (Wildman–Crippen MR) is 68.3 cm³/mol. The molecule has 7 heteroatoms. The fourth-order valence-electron chi connectivity index (χ4n) is 1.52. The molecule has 0 saturated carbocycles. The molecule has 0 aliphatic heterocycles. The number of nitro benzene ring substituents is 1. The first-order chi connectivity index (χ1) is 9.11. The van der Waals surface area contributed by atoms with E-state index in [0.717, 1.165) is 0 Å². The molecule has 0 heterocycles. The maximum atomic E-state index is 11.9. The molecular weight excluding hydrogens is 252 g/mol. The molecule has 0 bridgehead atoms. The molecular formula is C12H16N2O5. The lowest BCUT2D eigenvalue weighted by atomic mass is 10.1. The summed E-state index contributed by atoms with van der Waals surface area (Å²) < 4.78 is 5.20. The van der Waals surface area contributed by atoms with Crippen LogP contribution < -0.4 is 10.1 Å². The number of carbonyl (C=O) groups excluding carboxylic acids is 1. The zero-order chi connectivity index (χ0) is 14.3. The van der Waals surface area contributed by atoms with E-state index in [-0.39, 0.29) is 30.2 Å². The van der Waals surface area contributed by atoms with Gasteiger partial charge in [-0.3, -0.25) is 14.9 Å². The maximum absolute atomic E-state index is 11.9. The van der Waals surface area contributed by atoms with Crippen molar-refractivity contribution in [1.82, 2.24) is 5.32 Å². The van der Waals surface area contributed by atoms with E-state index in [2.05, 4.69) is 5.32 Å². The Hall–Kier alpha value is -2.15. The zero-order valence-corrected chi connectivity index (χ0v) is 10.6. The summed E-state index contributed by atoms with van der Waals surface area (Å²) in [6, 6.07) is 4.18. The summed E-state index contributed by atoms with van der Waals surface area (Å²) in [5.74, 6) is -0.489. The quantitative estimate of drug-likeness (QED) is 0.438. The molecule has 0 unspecified atom stereocenters. The number of hydrogen-bond acceptors (Lipinski definition) is 5. The molecule has 1 aromatic rings. The van der Waals surface area contributed by atoms with Gasteiger partial charge in [-0.2, -0.15) is 0 Å². The summed E-state index contributed by atoms with van der Waals surface area (Å²) >= 11 is 0. The van der Waals surface area contributed by atoms with Gasteiger partial charge in [-0.15, -0.1) is 0 Å². The highest BCUT2D eigenvalue weighted by atomic mass is 16.6. The highest BCUT2D eigenvalue weighted by Crippen LogP contribution is 2.30. The molecule has 7 nitrogen and oxygen atoms in total. The molecule has 2 N–H and O–H groups in total. The monoisotopic (exact) mass is 268 g/mol. The lowest BCUT2D eigenvalue weighted by Crippen LogP contribution is -2.25. The van der Waals surface area contributed by atoms with Crippen molar-refractivity contribution in [2.45, 2.75) is 13.3 Å². The Bertz CT molecular complexity index is 461. The molecule has 0 atom stereocenters. The molecule has 0 fully saturated rings. The lowest BCUT2D eigenvalue weighted by Gasteiger charge is -2.10. The number of nitrogens with one attached hydrogen (secondary N) is 1. The minimum absolute atomic E-state index is 0.0310. The van der Waals surface area contributed by atoms with Crippen LogP contribution in [0.3, 0.4) is 0 Å². The van der Waals surface area contributed by atoms with E-state index in [0.29, 0.717) is 13.0 Å². The van der Waals surface area contributed by atoms with Gasteiger partial charge in [-0.05, 0) is 19.4 Å². The number of carbonyl (C=O) groups is 1. The number of hydrogen-bond donors (Lipinski definition) is 2. The van der Waals surface area contributed by atoms with E-state index in [4.69, 9.17) is 9.84 Å². The predicted octanol–water partition coefficient (Wildman–Crippen LogP) is 1.11. The summed E-state index contributed by atoms with van der Waals surface area (Å²) in [5, 5.41) is 22.1. The summed E-state index contributed by atoms with van der Waals surface area (Å²) in [6.45, 7) is 2.17. The first-order valence-electron chi connectivity index (χ1n) is 5.91. The summed E-state index contributed by atoms with van der Waals surface area (Å²) in [5.41, 5.74) is -0.120. The summed E-state index contributed by atoms with van der Waals surface area (Å²) in [7, 11) is 0. The van der Waals surface area contributed by atoms with E-state index in [9.17, 15) is 14.9 Å². The highest BCUT2D eigenvalue weighted by molar-refractivity contribution is 5.98. The van der Waals surface area contributed by atoms with E-state index >= 15 is 0 Å². The molecule has 0 spiro atoms. The van der Waals surface area contributed by atoms with Gasteiger partial charge in [0.25, 0.3) is 5.91 Å². The largest absolute Gasteiger partial charge is 0.487 e. The maximum Gasteiger partial charge on any atom is 0.311 e. The number of para-hydroxylation sites is 1. The van der Waals surface area contributed by atoms with Gasteiger partial charge in [0.05, 0.1) is 17.1 Å². The van der Waals surface area contributed by atoms with Crippen LogP contribution in [0.5, 0.6) is 5.75 Å². The van der Waals surface area contributed by atoms with E-state index in [1.807, 2.05) is 0 Å². The third-order valence-electron chi connectivity index (χ3n) is 2.34. The van der Waals surface area contributed by atoms with Crippen molar-refractivity contribution in [2.24, 2.45) is 0 Å². The number of aliphatic hydroxyl groups excluding tert-OH is 1. The van der Waals surface area contributed by atoms with Crippen molar-refractivity contribution in [1.29, 1.82) is 0 Å². The Morgan fingerprint density at radius 2 is 2.26 bits per heavy atom. The minimum Gasteiger partial charge on any atom is -0.487 e. The van der Waals surface area contributed by atoms with Crippen LogP contribution in [0.4, 0.5) is 5.69 Å². The normalized spacial score (nSPS) is 10.0. The third kappa shape index (κ3) is 3.92. The molecule has 19 heavy (non-hydrogen) atoms. The molecule has 1 aromatic carbocycles. The summed E-state index contributed by atoms with van der Waals surface area (Å²) in [6.07, 6.45) is 0.421. The van der Waals surface area contributed by atoms with Crippen LogP contribution in [-0.4, -0.2) is 35.7 Å². The second kappa shape index (κ2) is 7.32. The van der Waals surface area contributed by atoms with Crippen molar-refractivity contribution < 1.29 is 19.6 Å². The molecule has 0 saturated heterocycles. The number of benzene rings is 1. The van der Waals surface area contributed by atoms with Gasteiger partial charge in [0.15, 0.2) is 0 Å². The molecule has 0 aromatic heterocycles. The number of amides is 1. The average Bonchev–Trinajstić information content (AvgIpc) is 2.39. The van der Waals surface area contributed by atoms with Gasteiger partial charge >= 0.3 is 5.69 Å². The fourth-order valence-corrected chi connectivity index (χ4v) is 1.52.